The number of rotatable bonds is 6. The third-order valence-corrected chi connectivity index (χ3v) is 7.83. The van der Waals surface area contributed by atoms with Gasteiger partial charge in [-0.25, -0.2) is 8.42 Å². The Morgan fingerprint density at radius 3 is 2.52 bits per heavy atom. The van der Waals surface area contributed by atoms with Crippen LogP contribution in [-0.4, -0.2) is 77.8 Å². The Morgan fingerprint density at radius 2 is 1.94 bits per heavy atom. The van der Waals surface area contributed by atoms with E-state index in [2.05, 4.69) is 21.4 Å². The summed E-state index contributed by atoms with van der Waals surface area (Å²) in [5, 5.41) is 10.1. The number of nitrogens with two attached hydrogens (primary N) is 1. The zero-order valence-electron chi connectivity index (χ0n) is 18.1. The van der Waals surface area contributed by atoms with Crippen molar-refractivity contribution in [3.8, 4) is 17.1 Å². The molecule has 1 saturated heterocycles. The lowest BCUT2D eigenvalue weighted by Gasteiger charge is -2.36. The number of fused-ring (bicyclic) bond motifs is 1. The van der Waals surface area contributed by atoms with Gasteiger partial charge in [-0.1, -0.05) is 6.08 Å². The standard InChI is InChI=1S/C22H25N5O4S.ClH/c1-3-19(27-10-8-26(2)9-11-27)32(30,31)15-5-7-18(24-13-15)20-16-12-14(21(23)28)4-6-17(16)25-22(20)29;/h3-7,12-13,19,25,29H,1,8-11H2,2H3,(H2,23,28);1H. The van der Waals surface area contributed by atoms with Crippen LogP contribution in [0.15, 0.2) is 54.1 Å². The number of piperazine rings is 1. The largest absolute Gasteiger partial charge is 0.494 e. The van der Waals surface area contributed by atoms with Crippen LogP contribution < -0.4 is 5.73 Å². The number of hydrogen-bond donors (Lipinski definition) is 3. The minimum Gasteiger partial charge on any atom is -0.494 e. The summed E-state index contributed by atoms with van der Waals surface area (Å²) in [6, 6.07) is 7.77. The smallest absolute Gasteiger partial charge is 0.248 e. The first-order valence-electron chi connectivity index (χ1n) is 10.1. The van der Waals surface area contributed by atoms with E-state index in [9.17, 15) is 18.3 Å². The van der Waals surface area contributed by atoms with Gasteiger partial charge in [0, 0.05) is 48.8 Å². The number of likely N-dealkylation sites (N-methyl/N-ethyl adjacent to an activating group) is 1. The predicted molar refractivity (Wildman–Crippen MR) is 129 cm³/mol. The Bertz CT molecular complexity index is 1280. The highest BCUT2D eigenvalue weighted by Gasteiger charge is 2.32. The van der Waals surface area contributed by atoms with Crippen LogP contribution in [0.5, 0.6) is 5.88 Å². The number of aromatic nitrogens is 2. The van der Waals surface area contributed by atoms with Crippen LogP contribution >= 0.6 is 12.4 Å². The molecule has 3 heterocycles. The molecule has 4 N–H and O–H groups in total. The van der Waals surface area contributed by atoms with E-state index < -0.39 is 21.1 Å². The average Bonchev–Trinajstić information content (AvgIpc) is 3.10. The summed E-state index contributed by atoms with van der Waals surface area (Å²) in [5.74, 6) is -0.724. The summed E-state index contributed by atoms with van der Waals surface area (Å²) in [5.41, 5.74) is 6.99. The molecule has 0 aliphatic carbocycles. The molecule has 2 aromatic heterocycles. The van der Waals surface area contributed by atoms with Crippen molar-refractivity contribution >= 4 is 39.1 Å². The van der Waals surface area contributed by atoms with E-state index in [-0.39, 0.29) is 28.7 Å². The van der Waals surface area contributed by atoms with Crippen molar-refractivity contribution in [2.75, 3.05) is 33.2 Å². The highest BCUT2D eigenvalue weighted by atomic mass is 35.5. The number of primary amides is 1. The molecule has 11 heteroatoms. The average molecular weight is 492 g/mol. The number of nitrogens with one attached hydrogen (secondary N) is 1. The number of H-pyrrole nitrogens is 1. The second-order valence-electron chi connectivity index (χ2n) is 7.86. The number of pyridine rings is 1. The third-order valence-electron chi connectivity index (χ3n) is 5.80. The number of aromatic hydroxyl groups is 1. The molecule has 9 nitrogen and oxygen atoms in total. The number of sulfone groups is 1. The van der Waals surface area contributed by atoms with Crippen molar-refractivity contribution in [3.05, 3.63) is 54.7 Å². The molecule has 1 unspecified atom stereocenters. The zero-order chi connectivity index (χ0) is 23.0. The Balaban J connectivity index is 0.00000306. The van der Waals surface area contributed by atoms with Gasteiger partial charge in [-0.2, -0.15) is 0 Å². The van der Waals surface area contributed by atoms with Crippen molar-refractivity contribution in [1.29, 1.82) is 0 Å². The SMILES string of the molecule is C=CC(N1CCN(C)CC1)S(=O)(=O)c1ccc(-c2c(O)[nH]c3ccc(C(N)=O)cc23)nc1.Cl. The van der Waals surface area contributed by atoms with Gasteiger partial charge in [-0.3, -0.25) is 14.7 Å². The summed E-state index contributed by atoms with van der Waals surface area (Å²) in [7, 11) is -1.73. The van der Waals surface area contributed by atoms with Crippen LogP contribution in [0.2, 0.25) is 0 Å². The lowest BCUT2D eigenvalue weighted by atomic mass is 10.1. The van der Waals surface area contributed by atoms with Gasteiger partial charge in [-0.15, -0.1) is 19.0 Å². The molecule has 0 bridgehead atoms. The Hall–Kier alpha value is -2.92. The van der Waals surface area contributed by atoms with E-state index in [4.69, 9.17) is 5.73 Å². The van der Waals surface area contributed by atoms with Crippen LogP contribution in [0, 0.1) is 0 Å². The molecular formula is C22H26ClN5O4S. The lowest BCUT2D eigenvalue weighted by Crippen LogP contribution is -2.50. The molecule has 33 heavy (non-hydrogen) atoms. The fourth-order valence-electron chi connectivity index (χ4n) is 3.97. The van der Waals surface area contributed by atoms with Crippen molar-refractivity contribution in [3.63, 3.8) is 0 Å². The summed E-state index contributed by atoms with van der Waals surface area (Å²) in [4.78, 5) is 22.8. The van der Waals surface area contributed by atoms with Crippen molar-refractivity contribution in [1.82, 2.24) is 19.8 Å². The van der Waals surface area contributed by atoms with Gasteiger partial charge in [0.1, 0.15) is 5.37 Å². The predicted octanol–water partition coefficient (Wildman–Crippen LogP) is 1.99. The second-order valence-corrected chi connectivity index (χ2v) is 9.91. The zero-order valence-corrected chi connectivity index (χ0v) is 19.7. The monoisotopic (exact) mass is 491 g/mol. The molecule has 1 atom stereocenters. The number of amides is 1. The van der Waals surface area contributed by atoms with E-state index >= 15 is 0 Å². The van der Waals surface area contributed by atoms with E-state index in [0.717, 1.165) is 13.1 Å². The fraction of sp³-hybridized carbons (Fsp3) is 0.273. The summed E-state index contributed by atoms with van der Waals surface area (Å²) < 4.78 is 26.5. The number of carbonyl (C=O) groups is 1. The van der Waals surface area contributed by atoms with Gasteiger partial charge in [0.2, 0.25) is 5.91 Å². The quantitative estimate of drug-likeness (QED) is 0.449. The molecule has 1 aliphatic rings. The Labute approximate surface area is 198 Å². The van der Waals surface area contributed by atoms with Gasteiger partial charge < -0.3 is 20.7 Å². The number of benzene rings is 1. The maximum absolute atomic E-state index is 13.3. The van der Waals surface area contributed by atoms with Crippen LogP contribution in [0.3, 0.4) is 0 Å². The molecule has 3 aromatic rings. The molecule has 0 radical (unpaired) electrons. The molecule has 1 fully saturated rings. The first kappa shape index (κ1) is 24.7. The summed E-state index contributed by atoms with van der Waals surface area (Å²) in [6.45, 7) is 6.56. The van der Waals surface area contributed by atoms with Crippen molar-refractivity contribution < 1.29 is 18.3 Å². The maximum Gasteiger partial charge on any atom is 0.248 e. The van der Waals surface area contributed by atoms with Crippen LogP contribution in [0.1, 0.15) is 10.4 Å². The van der Waals surface area contributed by atoms with Gasteiger partial charge >= 0.3 is 0 Å². The topological polar surface area (TPSA) is 133 Å². The number of halogens is 1. The van der Waals surface area contributed by atoms with Gasteiger partial charge in [0.15, 0.2) is 15.7 Å². The maximum atomic E-state index is 13.3. The first-order valence-corrected chi connectivity index (χ1v) is 11.7. The van der Waals surface area contributed by atoms with Gasteiger partial charge in [0.05, 0.1) is 16.2 Å². The minimum atomic E-state index is -3.73. The summed E-state index contributed by atoms with van der Waals surface area (Å²) >= 11 is 0. The molecule has 1 amide bonds. The number of nitrogens with zero attached hydrogens (tertiary/aromatic N) is 3. The van der Waals surface area contributed by atoms with Crippen LogP contribution in [-0.2, 0) is 9.84 Å². The highest BCUT2D eigenvalue weighted by Crippen LogP contribution is 2.36. The second kappa shape index (κ2) is 9.52. The van der Waals surface area contributed by atoms with E-state index in [1.165, 1.54) is 24.4 Å². The molecule has 176 valence electrons. The molecular weight excluding hydrogens is 466 g/mol. The van der Waals surface area contributed by atoms with Crippen molar-refractivity contribution in [2.24, 2.45) is 5.73 Å². The lowest BCUT2D eigenvalue weighted by molar-refractivity contribution is 0.100. The minimum absolute atomic E-state index is 0. The van der Waals surface area contributed by atoms with Gasteiger partial charge in [-0.05, 0) is 37.4 Å². The van der Waals surface area contributed by atoms with Crippen LogP contribution in [0.25, 0.3) is 22.2 Å². The molecule has 1 aromatic carbocycles. The van der Waals surface area contributed by atoms with Gasteiger partial charge in [0.25, 0.3) is 0 Å². The van der Waals surface area contributed by atoms with Crippen molar-refractivity contribution in [2.45, 2.75) is 10.3 Å². The molecule has 0 spiro atoms. The molecule has 0 saturated carbocycles. The van der Waals surface area contributed by atoms with Crippen LogP contribution in [0.4, 0.5) is 0 Å². The number of hydrogen-bond acceptors (Lipinski definition) is 7. The molecule has 1 aliphatic heterocycles. The number of aromatic amines is 1. The summed E-state index contributed by atoms with van der Waals surface area (Å²) in [6.07, 6.45) is 2.73. The highest BCUT2D eigenvalue weighted by molar-refractivity contribution is 7.92. The third kappa shape index (κ3) is 4.60. The van der Waals surface area contributed by atoms with E-state index in [1.807, 2.05) is 11.9 Å². The first-order chi connectivity index (χ1) is 15.2. The Morgan fingerprint density at radius 1 is 1.24 bits per heavy atom. The van der Waals surface area contributed by atoms with E-state index in [0.29, 0.717) is 35.2 Å². The molecule has 4 rings (SSSR count). The normalized spacial score (nSPS) is 16.3. The Kier molecular flexibility index (Phi) is 7.13. The van der Waals surface area contributed by atoms with E-state index in [1.54, 1.807) is 18.2 Å². The number of carbonyl (C=O) groups excluding carboxylic acids is 1. The fourth-order valence-corrected chi connectivity index (χ4v) is 5.57.